The van der Waals surface area contributed by atoms with E-state index >= 15 is 0 Å². The summed E-state index contributed by atoms with van der Waals surface area (Å²) < 4.78 is 6.59. The van der Waals surface area contributed by atoms with Crippen LogP contribution in [0.25, 0.3) is 29.0 Å². The molecule has 252 valence electrons. The van der Waals surface area contributed by atoms with Crippen molar-refractivity contribution in [2.75, 3.05) is 0 Å². The molecule has 4 heterocycles. The van der Waals surface area contributed by atoms with Crippen molar-refractivity contribution in [3.63, 3.8) is 0 Å². The van der Waals surface area contributed by atoms with Crippen LogP contribution in [0, 0.1) is 13.8 Å². The van der Waals surface area contributed by atoms with Crippen molar-refractivity contribution in [2.24, 2.45) is 9.98 Å². The normalized spacial score (nSPS) is 17.3. The maximum absolute atomic E-state index is 12.3. The van der Waals surface area contributed by atoms with Gasteiger partial charge in [0.2, 0.25) is 5.90 Å². The van der Waals surface area contributed by atoms with Gasteiger partial charge in [0.05, 0.1) is 11.4 Å². The Morgan fingerprint density at radius 2 is 1.43 bits per heavy atom. The Balaban J connectivity index is 1.37. The molecule has 0 radical (unpaired) electrons. The van der Waals surface area contributed by atoms with Gasteiger partial charge in [-0.3, -0.25) is 4.79 Å². The van der Waals surface area contributed by atoms with E-state index in [0.717, 1.165) is 81.5 Å². The molecule has 49 heavy (non-hydrogen) atoms. The fourth-order valence-electron chi connectivity index (χ4n) is 7.47. The molecule has 4 aromatic rings. The van der Waals surface area contributed by atoms with Gasteiger partial charge in [0, 0.05) is 33.2 Å². The van der Waals surface area contributed by atoms with Crippen molar-refractivity contribution in [3.8, 4) is 0 Å². The molecule has 2 aromatic heterocycles. The minimum atomic E-state index is -0.147. The van der Waals surface area contributed by atoms with Crippen LogP contribution in [0.3, 0.4) is 0 Å². The number of hydrogen-bond donors (Lipinski definition) is 2. The van der Waals surface area contributed by atoms with Crippen molar-refractivity contribution in [1.29, 1.82) is 0 Å². The van der Waals surface area contributed by atoms with Gasteiger partial charge in [0.25, 0.3) is 5.91 Å². The third-order valence-electron chi connectivity index (χ3n) is 10.3. The highest BCUT2D eigenvalue weighted by atomic mass is 16.5. The molecular weight excluding hydrogens is 604 g/mol. The van der Waals surface area contributed by atoms with Crippen LogP contribution >= 0.6 is 0 Å². The molecule has 0 saturated heterocycles. The molecule has 0 bridgehead atoms. The first-order valence-corrected chi connectivity index (χ1v) is 17.7. The summed E-state index contributed by atoms with van der Waals surface area (Å²) in [5, 5.41) is 4.49. The number of nitrogens with one attached hydrogen (secondary N) is 2. The Kier molecular flexibility index (Phi) is 9.60. The standard InChI is InChI=1S/C43H48N4O2/c1-10-30-24(5)36(21-40-32(12-3)26(7)42(48)46-40)44-38(30)23-39-31(11-2)25(6)37(45-39)22-41-33(13-4)27(8)43(47-41)49-28(9)34-20-16-18-29-17-14-15-19-35(29)34/h14-23,28,44-45H,10-13H2,1-9H3/b36-21+,38-23-,41-22-/t28-/m1/s1. The average Bonchev–Trinajstić information content (AvgIpc) is 3.76. The van der Waals surface area contributed by atoms with Crippen LogP contribution in [0.15, 0.2) is 80.4 Å². The third-order valence-corrected chi connectivity index (χ3v) is 10.3. The summed E-state index contributed by atoms with van der Waals surface area (Å²) >= 11 is 0. The number of carbonyl (C=O) groups is 1. The summed E-state index contributed by atoms with van der Waals surface area (Å²) in [6.07, 6.45) is 9.74. The first kappa shape index (κ1) is 33.9. The van der Waals surface area contributed by atoms with E-state index in [1.165, 1.54) is 38.6 Å². The van der Waals surface area contributed by atoms with E-state index in [2.05, 4.69) is 125 Å². The van der Waals surface area contributed by atoms with Crippen LogP contribution in [-0.2, 0) is 22.4 Å². The average molecular weight is 653 g/mol. The number of aromatic amines is 2. The lowest BCUT2D eigenvalue weighted by molar-refractivity contribution is -0.114. The fourth-order valence-corrected chi connectivity index (χ4v) is 7.47. The Morgan fingerprint density at radius 3 is 2.14 bits per heavy atom. The van der Waals surface area contributed by atoms with E-state index in [0.29, 0.717) is 5.90 Å². The predicted octanol–water partition coefficient (Wildman–Crippen LogP) is 8.81. The van der Waals surface area contributed by atoms with Gasteiger partial charge >= 0.3 is 0 Å². The van der Waals surface area contributed by atoms with Gasteiger partial charge in [-0.2, -0.15) is 0 Å². The van der Waals surface area contributed by atoms with Gasteiger partial charge in [-0.25, -0.2) is 9.98 Å². The molecule has 2 aliphatic rings. The number of hydrogen-bond acceptors (Lipinski definition) is 3. The maximum atomic E-state index is 12.3. The van der Waals surface area contributed by atoms with Crippen LogP contribution < -0.4 is 10.7 Å². The predicted molar refractivity (Wildman–Crippen MR) is 204 cm³/mol. The molecule has 0 unspecified atom stereocenters. The number of benzene rings is 2. The zero-order chi connectivity index (χ0) is 35.0. The van der Waals surface area contributed by atoms with Crippen LogP contribution in [0.1, 0.15) is 107 Å². The first-order chi connectivity index (χ1) is 23.6. The zero-order valence-corrected chi connectivity index (χ0v) is 30.4. The Morgan fingerprint density at radius 1 is 0.714 bits per heavy atom. The molecule has 6 rings (SSSR count). The first-order valence-electron chi connectivity index (χ1n) is 17.7. The summed E-state index contributed by atoms with van der Waals surface area (Å²) in [6.45, 7) is 19.1. The number of nitrogens with zero attached hydrogens (tertiary/aromatic N) is 2. The highest BCUT2D eigenvalue weighted by molar-refractivity contribution is 6.30. The van der Waals surface area contributed by atoms with Crippen molar-refractivity contribution in [2.45, 2.75) is 94.1 Å². The number of amides is 1. The molecule has 1 amide bonds. The van der Waals surface area contributed by atoms with Crippen LogP contribution in [0.5, 0.6) is 0 Å². The number of aromatic nitrogens is 2. The summed E-state index contributed by atoms with van der Waals surface area (Å²) in [6, 6.07) is 14.8. The Labute approximate surface area is 289 Å². The second-order valence-electron chi connectivity index (χ2n) is 13.1. The van der Waals surface area contributed by atoms with Crippen molar-refractivity contribution < 1.29 is 9.53 Å². The number of carbonyl (C=O) groups excluding carboxylic acids is 1. The van der Waals surface area contributed by atoms with Gasteiger partial charge in [-0.15, -0.1) is 0 Å². The number of aliphatic imine (C=N–C) groups is 2. The molecular formula is C43H48N4O2. The van der Waals surface area contributed by atoms with Gasteiger partial charge in [0.15, 0.2) is 0 Å². The van der Waals surface area contributed by atoms with Crippen molar-refractivity contribution in [3.05, 3.63) is 120 Å². The highest BCUT2D eigenvalue weighted by Gasteiger charge is 2.25. The highest BCUT2D eigenvalue weighted by Crippen LogP contribution is 2.34. The minimum absolute atomic E-state index is 0.133. The van der Waals surface area contributed by atoms with E-state index in [9.17, 15) is 4.79 Å². The van der Waals surface area contributed by atoms with Gasteiger partial charge in [-0.05, 0) is 128 Å². The lowest BCUT2D eigenvalue weighted by Crippen LogP contribution is -2.14. The molecule has 2 aromatic carbocycles. The van der Waals surface area contributed by atoms with Crippen molar-refractivity contribution in [1.82, 2.24) is 9.97 Å². The topological polar surface area (TPSA) is 82.6 Å². The largest absolute Gasteiger partial charge is 0.470 e. The van der Waals surface area contributed by atoms with Crippen LogP contribution in [-0.4, -0.2) is 27.5 Å². The zero-order valence-electron chi connectivity index (χ0n) is 30.4. The number of rotatable bonds is 9. The number of allylic oxidation sites excluding steroid dienone is 2. The number of ether oxygens (including phenoxy) is 1. The number of fused-ring (bicyclic) bond motifs is 1. The molecule has 0 aliphatic carbocycles. The molecule has 1 atom stereocenters. The number of H-pyrrole nitrogens is 2. The second kappa shape index (κ2) is 13.9. The van der Waals surface area contributed by atoms with E-state index in [-0.39, 0.29) is 12.0 Å². The molecule has 6 heteroatoms. The van der Waals surface area contributed by atoms with Crippen LogP contribution in [0.4, 0.5) is 0 Å². The molecule has 0 fully saturated rings. The molecule has 2 aliphatic heterocycles. The van der Waals surface area contributed by atoms with E-state index in [4.69, 9.17) is 9.73 Å². The SMILES string of the molecule is CCC1=C(C)C(=O)N=C1/C=c1/[nH]/c(=C\c2[nH]c(/C=C3\N=C(O[C@H](C)c4cccc5ccccc45)C(C)=C3CC)c(C)c2CC)c(CC)c1C. The summed E-state index contributed by atoms with van der Waals surface area (Å²) in [5.41, 5.74) is 14.1. The molecule has 2 N–H and O–H groups in total. The summed E-state index contributed by atoms with van der Waals surface area (Å²) in [5.74, 6) is 0.560. The quantitative estimate of drug-likeness (QED) is 0.189. The van der Waals surface area contributed by atoms with Gasteiger partial charge < -0.3 is 14.7 Å². The molecule has 0 spiro atoms. The van der Waals surface area contributed by atoms with Crippen LogP contribution in [0.2, 0.25) is 0 Å². The fraction of sp³-hybridized carbons (Fsp3) is 0.326. The molecule has 0 saturated carbocycles. The lowest BCUT2D eigenvalue weighted by atomic mass is 10.0. The van der Waals surface area contributed by atoms with E-state index in [1.807, 2.05) is 13.0 Å². The van der Waals surface area contributed by atoms with Crippen molar-refractivity contribution >= 4 is 46.5 Å². The monoisotopic (exact) mass is 652 g/mol. The lowest BCUT2D eigenvalue weighted by Gasteiger charge is -2.17. The van der Waals surface area contributed by atoms with E-state index < -0.39 is 0 Å². The Hall–Kier alpha value is -4.97. The Bertz CT molecular complexity index is 2260. The van der Waals surface area contributed by atoms with Gasteiger partial charge in [0.1, 0.15) is 6.10 Å². The van der Waals surface area contributed by atoms with Gasteiger partial charge in [-0.1, -0.05) is 70.2 Å². The maximum Gasteiger partial charge on any atom is 0.273 e. The molecule has 6 nitrogen and oxygen atoms in total. The summed E-state index contributed by atoms with van der Waals surface area (Å²) in [4.78, 5) is 29.2. The summed E-state index contributed by atoms with van der Waals surface area (Å²) in [7, 11) is 0. The minimum Gasteiger partial charge on any atom is -0.470 e. The van der Waals surface area contributed by atoms with E-state index in [1.54, 1.807) is 0 Å². The second-order valence-corrected chi connectivity index (χ2v) is 13.1. The smallest absolute Gasteiger partial charge is 0.273 e. The third kappa shape index (κ3) is 6.21.